The van der Waals surface area contributed by atoms with Gasteiger partial charge in [0.2, 0.25) is 0 Å². The summed E-state index contributed by atoms with van der Waals surface area (Å²) in [6.45, 7) is -0.388. The minimum absolute atomic E-state index is 0.388. The molecule has 7 nitrogen and oxygen atoms in total. The minimum Gasteiger partial charge on any atom is -0.496 e. The Kier molecular flexibility index (Phi) is 7.25. The first-order valence-corrected chi connectivity index (χ1v) is 8.07. The first-order chi connectivity index (χ1) is 13.1. The third-order valence-electron chi connectivity index (χ3n) is 3.54. The molecule has 2 aromatic rings. The van der Waals surface area contributed by atoms with Crippen LogP contribution >= 0.6 is 0 Å². The Bertz CT molecular complexity index is 817. The Morgan fingerprint density at radius 2 is 1.56 bits per heavy atom. The number of benzene rings is 2. The number of hydrogen-bond donors (Lipinski definition) is 1. The maximum atomic E-state index is 11.9. The van der Waals surface area contributed by atoms with Gasteiger partial charge in [-0.15, -0.1) is 0 Å². The van der Waals surface area contributed by atoms with Gasteiger partial charge in [0.25, 0.3) is 5.91 Å². The Labute approximate surface area is 157 Å². The number of nitrogens with one attached hydrogen (secondary N) is 1. The Morgan fingerprint density at radius 1 is 0.926 bits per heavy atom. The predicted octanol–water partition coefficient (Wildman–Crippen LogP) is 2.91. The van der Waals surface area contributed by atoms with E-state index < -0.39 is 11.9 Å². The van der Waals surface area contributed by atoms with E-state index in [1.807, 2.05) is 6.07 Å². The largest absolute Gasteiger partial charge is 0.496 e. The fourth-order valence-corrected chi connectivity index (χ4v) is 2.24. The van der Waals surface area contributed by atoms with Crippen molar-refractivity contribution < 1.29 is 28.5 Å². The Morgan fingerprint density at radius 3 is 2.19 bits per heavy atom. The molecule has 0 aliphatic heterocycles. The van der Waals surface area contributed by atoms with Gasteiger partial charge in [-0.05, 0) is 24.3 Å². The molecule has 2 aromatic carbocycles. The second-order valence-electron chi connectivity index (χ2n) is 5.30. The van der Waals surface area contributed by atoms with Crippen molar-refractivity contribution in [2.45, 2.75) is 0 Å². The lowest BCUT2D eigenvalue weighted by Crippen LogP contribution is -2.20. The molecule has 0 aliphatic carbocycles. The van der Waals surface area contributed by atoms with Crippen molar-refractivity contribution in [2.75, 3.05) is 33.3 Å². The molecule has 0 saturated heterocycles. The summed E-state index contributed by atoms with van der Waals surface area (Å²) in [5.41, 5.74) is 1.23. The van der Waals surface area contributed by atoms with Gasteiger partial charge in [0.15, 0.2) is 18.1 Å². The summed E-state index contributed by atoms with van der Waals surface area (Å²) in [6, 6.07) is 12.2. The molecule has 1 amide bonds. The lowest BCUT2D eigenvalue weighted by molar-refractivity contribution is -0.142. The highest BCUT2D eigenvalue weighted by atomic mass is 16.5. The standard InChI is InChI=1S/C20H21NO6/c1-24-16-12-18(26-3)17(25-2)11-14(16)9-10-20(23)27-13-19(22)21-15-7-5-4-6-8-15/h4-12H,13H2,1-3H3,(H,21,22)/b10-9+. The molecule has 7 heteroatoms. The van der Waals surface area contributed by atoms with Gasteiger partial charge in [-0.1, -0.05) is 18.2 Å². The van der Waals surface area contributed by atoms with E-state index in [4.69, 9.17) is 18.9 Å². The van der Waals surface area contributed by atoms with E-state index in [2.05, 4.69) is 5.32 Å². The zero-order chi connectivity index (χ0) is 19.6. The maximum absolute atomic E-state index is 11.9. The maximum Gasteiger partial charge on any atom is 0.331 e. The average Bonchev–Trinajstić information content (AvgIpc) is 2.70. The molecule has 0 aromatic heterocycles. The number of hydrogen-bond acceptors (Lipinski definition) is 6. The van der Waals surface area contributed by atoms with Gasteiger partial charge >= 0.3 is 5.97 Å². The summed E-state index contributed by atoms with van der Waals surface area (Å²) in [7, 11) is 4.53. The molecule has 1 N–H and O–H groups in total. The van der Waals surface area contributed by atoms with Crippen molar-refractivity contribution >= 4 is 23.6 Å². The van der Waals surface area contributed by atoms with Crippen molar-refractivity contribution in [3.8, 4) is 17.2 Å². The summed E-state index contributed by atoms with van der Waals surface area (Å²) in [6.07, 6.45) is 2.72. The Hall–Kier alpha value is -3.48. The van der Waals surface area contributed by atoms with Crippen molar-refractivity contribution in [1.82, 2.24) is 0 Å². The number of methoxy groups -OCH3 is 3. The zero-order valence-electron chi connectivity index (χ0n) is 15.4. The smallest absolute Gasteiger partial charge is 0.331 e. The van der Waals surface area contributed by atoms with Crippen LogP contribution in [0.15, 0.2) is 48.5 Å². The Balaban J connectivity index is 1.96. The van der Waals surface area contributed by atoms with E-state index in [0.29, 0.717) is 28.5 Å². The van der Waals surface area contributed by atoms with Crippen LogP contribution in [0.25, 0.3) is 6.08 Å². The predicted molar refractivity (Wildman–Crippen MR) is 101 cm³/mol. The van der Waals surface area contributed by atoms with Gasteiger partial charge in [-0.25, -0.2) is 4.79 Å². The van der Waals surface area contributed by atoms with Gasteiger partial charge in [-0.2, -0.15) is 0 Å². The minimum atomic E-state index is -0.657. The first-order valence-electron chi connectivity index (χ1n) is 8.07. The van der Waals surface area contributed by atoms with Crippen LogP contribution in [-0.4, -0.2) is 39.8 Å². The molecule has 0 radical (unpaired) electrons. The molecule has 0 fully saturated rings. The van der Waals surface area contributed by atoms with Crippen LogP contribution in [0.1, 0.15) is 5.56 Å². The molecule has 0 spiro atoms. The van der Waals surface area contributed by atoms with Gasteiger partial charge in [0.1, 0.15) is 5.75 Å². The van der Waals surface area contributed by atoms with E-state index in [-0.39, 0.29) is 6.61 Å². The lowest BCUT2D eigenvalue weighted by atomic mass is 10.1. The number of carbonyl (C=O) groups is 2. The van der Waals surface area contributed by atoms with Gasteiger partial charge in [0, 0.05) is 23.4 Å². The van der Waals surface area contributed by atoms with Crippen LogP contribution in [0.4, 0.5) is 5.69 Å². The second kappa shape index (κ2) is 9.86. The summed E-state index contributed by atoms with van der Waals surface area (Å²) in [5.74, 6) is 0.417. The van der Waals surface area contributed by atoms with Crippen LogP contribution in [0.2, 0.25) is 0 Å². The van der Waals surface area contributed by atoms with Crippen LogP contribution in [0.5, 0.6) is 17.2 Å². The molecule has 142 valence electrons. The molecule has 2 rings (SSSR count). The number of amides is 1. The molecule has 0 atom stereocenters. The fourth-order valence-electron chi connectivity index (χ4n) is 2.24. The van der Waals surface area contributed by atoms with Crippen molar-refractivity contribution in [3.05, 3.63) is 54.1 Å². The summed E-state index contributed by atoms with van der Waals surface area (Å²) >= 11 is 0. The zero-order valence-corrected chi connectivity index (χ0v) is 15.4. The number of esters is 1. The molecule has 0 heterocycles. The molecule has 0 aliphatic rings. The van der Waals surface area contributed by atoms with E-state index >= 15 is 0 Å². The van der Waals surface area contributed by atoms with Gasteiger partial charge in [0.05, 0.1) is 21.3 Å². The highest BCUT2D eigenvalue weighted by Crippen LogP contribution is 2.35. The van der Waals surface area contributed by atoms with E-state index in [1.54, 1.807) is 36.4 Å². The molecule has 27 heavy (non-hydrogen) atoms. The van der Waals surface area contributed by atoms with Crippen molar-refractivity contribution in [2.24, 2.45) is 0 Å². The first kappa shape index (κ1) is 19.8. The lowest BCUT2D eigenvalue weighted by Gasteiger charge is -2.12. The molecule has 0 bridgehead atoms. The van der Waals surface area contributed by atoms with E-state index in [9.17, 15) is 9.59 Å². The summed E-state index contributed by atoms with van der Waals surface area (Å²) in [4.78, 5) is 23.6. The average molecular weight is 371 g/mol. The molecule has 0 unspecified atom stereocenters. The number of para-hydroxylation sites is 1. The fraction of sp³-hybridized carbons (Fsp3) is 0.200. The monoisotopic (exact) mass is 371 g/mol. The number of carbonyl (C=O) groups excluding carboxylic acids is 2. The number of anilines is 1. The quantitative estimate of drug-likeness (QED) is 0.567. The SMILES string of the molecule is COc1cc(OC)c(OC)cc1/C=C/C(=O)OCC(=O)Nc1ccccc1. The topological polar surface area (TPSA) is 83.1 Å². The third kappa shape index (κ3) is 5.78. The van der Waals surface area contributed by atoms with Crippen molar-refractivity contribution in [1.29, 1.82) is 0 Å². The summed E-state index contributed by atoms with van der Waals surface area (Å²) in [5, 5.41) is 2.63. The second-order valence-corrected chi connectivity index (χ2v) is 5.30. The van der Waals surface area contributed by atoms with Crippen LogP contribution in [0, 0.1) is 0 Å². The molecule has 0 saturated carbocycles. The molecular weight excluding hydrogens is 350 g/mol. The normalized spacial score (nSPS) is 10.3. The van der Waals surface area contributed by atoms with Crippen LogP contribution < -0.4 is 19.5 Å². The van der Waals surface area contributed by atoms with Gasteiger partial charge in [-0.3, -0.25) is 4.79 Å². The third-order valence-corrected chi connectivity index (χ3v) is 3.54. The number of rotatable bonds is 8. The molecular formula is C20H21NO6. The number of ether oxygens (including phenoxy) is 4. The highest BCUT2D eigenvalue weighted by molar-refractivity contribution is 5.94. The summed E-state index contributed by atoms with van der Waals surface area (Å²) < 4.78 is 20.7. The van der Waals surface area contributed by atoms with Crippen LogP contribution in [0.3, 0.4) is 0 Å². The highest BCUT2D eigenvalue weighted by Gasteiger charge is 2.11. The van der Waals surface area contributed by atoms with E-state index in [0.717, 1.165) is 0 Å². The van der Waals surface area contributed by atoms with Crippen LogP contribution in [-0.2, 0) is 14.3 Å². The van der Waals surface area contributed by atoms with Crippen molar-refractivity contribution in [3.63, 3.8) is 0 Å². The van der Waals surface area contributed by atoms with Gasteiger partial charge < -0.3 is 24.3 Å². The van der Waals surface area contributed by atoms with E-state index in [1.165, 1.54) is 33.5 Å².